The van der Waals surface area contributed by atoms with Gasteiger partial charge in [-0.3, -0.25) is 19.9 Å². The van der Waals surface area contributed by atoms with Crippen LogP contribution in [0.2, 0.25) is 0 Å². The van der Waals surface area contributed by atoms with Gasteiger partial charge in [0, 0.05) is 41.3 Å². The normalized spacial score (nSPS) is 12.2. The van der Waals surface area contributed by atoms with Crippen LogP contribution in [0, 0.1) is 0 Å². The highest BCUT2D eigenvalue weighted by atomic mass is 16.1. The van der Waals surface area contributed by atoms with Crippen LogP contribution in [-0.4, -0.2) is 36.0 Å². The molecule has 0 saturated carbocycles. The van der Waals surface area contributed by atoms with Crippen LogP contribution in [0.3, 0.4) is 0 Å². The van der Waals surface area contributed by atoms with Crippen LogP contribution in [0.25, 0.3) is 50.2 Å². The van der Waals surface area contributed by atoms with Crippen LogP contribution in [0.1, 0.15) is 24.5 Å². The summed E-state index contributed by atoms with van der Waals surface area (Å²) in [6.45, 7) is 2.07. The summed E-state index contributed by atoms with van der Waals surface area (Å²) >= 11 is 0. The first-order valence-electron chi connectivity index (χ1n) is 13.3. The molecule has 41 heavy (non-hydrogen) atoms. The van der Waals surface area contributed by atoms with Crippen LogP contribution in [0.15, 0.2) is 103 Å². The van der Waals surface area contributed by atoms with E-state index < -0.39 is 0 Å². The highest BCUT2D eigenvalue weighted by Gasteiger charge is 2.16. The Hall–Kier alpha value is -5.57. The molecule has 4 aromatic heterocycles. The van der Waals surface area contributed by atoms with E-state index in [4.69, 9.17) is 10.7 Å². The van der Waals surface area contributed by atoms with E-state index >= 15 is 0 Å². The lowest BCUT2D eigenvalue weighted by molar-refractivity contribution is -0.119. The van der Waals surface area contributed by atoms with Crippen LogP contribution in [0.4, 0.5) is 0 Å². The van der Waals surface area contributed by atoms with Gasteiger partial charge >= 0.3 is 0 Å². The molecule has 1 amide bonds. The molecular formula is C32H28N8O. The molecule has 4 heterocycles. The molecule has 0 atom stereocenters. The minimum Gasteiger partial charge on any atom is -0.403 e. The number of hydrogen-bond donors (Lipinski definition) is 4. The Morgan fingerprint density at radius 1 is 1.00 bits per heavy atom. The van der Waals surface area contributed by atoms with Gasteiger partial charge in [0.05, 0.1) is 29.3 Å². The number of amides is 1. The van der Waals surface area contributed by atoms with Crippen LogP contribution >= 0.6 is 0 Å². The Morgan fingerprint density at radius 2 is 1.88 bits per heavy atom. The molecule has 9 nitrogen and oxygen atoms in total. The fourth-order valence-corrected chi connectivity index (χ4v) is 4.86. The second-order valence-electron chi connectivity index (χ2n) is 9.60. The van der Waals surface area contributed by atoms with Gasteiger partial charge in [-0.15, -0.1) is 0 Å². The van der Waals surface area contributed by atoms with Crippen molar-refractivity contribution in [3.05, 3.63) is 115 Å². The van der Waals surface area contributed by atoms with Crippen molar-refractivity contribution in [3.8, 4) is 22.6 Å². The zero-order valence-electron chi connectivity index (χ0n) is 22.4. The number of pyridine rings is 2. The molecule has 0 aliphatic rings. The molecule has 202 valence electrons. The smallest absolute Gasteiger partial charge is 0.228 e. The van der Waals surface area contributed by atoms with E-state index in [-0.39, 0.29) is 12.3 Å². The van der Waals surface area contributed by atoms with Crippen molar-refractivity contribution in [3.63, 3.8) is 0 Å². The number of nitrogens with one attached hydrogen (secondary N) is 3. The van der Waals surface area contributed by atoms with Crippen molar-refractivity contribution in [2.75, 3.05) is 0 Å². The topological polar surface area (TPSA) is 138 Å². The van der Waals surface area contributed by atoms with Crippen molar-refractivity contribution in [1.82, 2.24) is 35.5 Å². The van der Waals surface area contributed by atoms with Gasteiger partial charge in [0.25, 0.3) is 0 Å². The molecule has 6 aromatic rings. The number of rotatable bonds is 8. The molecule has 0 saturated heterocycles. The molecule has 6 rings (SSSR count). The fourth-order valence-electron chi connectivity index (χ4n) is 4.86. The lowest BCUT2D eigenvalue weighted by atomic mass is 10.00. The van der Waals surface area contributed by atoms with E-state index in [1.807, 2.05) is 60.7 Å². The summed E-state index contributed by atoms with van der Waals surface area (Å²) in [6, 6.07) is 19.6. The lowest BCUT2D eigenvalue weighted by Crippen LogP contribution is -2.24. The third-order valence-corrected chi connectivity index (χ3v) is 6.91. The number of carbonyl (C=O) groups is 1. The first kappa shape index (κ1) is 25.7. The summed E-state index contributed by atoms with van der Waals surface area (Å²) in [7, 11) is 0. The minimum atomic E-state index is -0.128. The van der Waals surface area contributed by atoms with E-state index in [2.05, 4.69) is 43.5 Å². The predicted octanol–water partition coefficient (Wildman–Crippen LogP) is 5.52. The van der Waals surface area contributed by atoms with Gasteiger partial charge in [-0.2, -0.15) is 5.10 Å². The van der Waals surface area contributed by atoms with Gasteiger partial charge in [0.2, 0.25) is 5.91 Å². The molecule has 9 heteroatoms. The number of nitrogens with zero attached hydrogens (tertiary/aromatic N) is 4. The number of H-pyrrole nitrogens is 2. The summed E-state index contributed by atoms with van der Waals surface area (Å²) < 4.78 is 0. The molecular weight excluding hydrogens is 512 g/mol. The Balaban J connectivity index is 1.32. The standard InChI is InChI=1S/C32H28N8O/c1-2-21(14-24(16-33)36-29(41)13-20-7-4-3-5-8-20)22-10-11-27-25(15-22)31(40-39-27)32-37-28-19-35-18-26(30(28)38-32)23-9-6-12-34-17-23/h3-12,14-19H,2,13,33H2,1H3,(H,36,41)(H,37,38)(H,39,40)/b21-14+,24-16+. The molecule has 0 radical (unpaired) electrons. The number of benzene rings is 2. The molecule has 0 aliphatic carbocycles. The van der Waals surface area contributed by atoms with E-state index in [0.717, 1.165) is 56.2 Å². The maximum absolute atomic E-state index is 12.7. The fraction of sp³-hybridized carbons (Fsp3) is 0.0938. The van der Waals surface area contributed by atoms with Crippen molar-refractivity contribution in [1.29, 1.82) is 0 Å². The van der Waals surface area contributed by atoms with Crippen LogP contribution in [0.5, 0.6) is 0 Å². The largest absolute Gasteiger partial charge is 0.403 e. The molecule has 0 aliphatic heterocycles. The highest BCUT2D eigenvalue weighted by Crippen LogP contribution is 2.32. The number of aromatic nitrogens is 6. The second kappa shape index (κ2) is 11.3. The Kier molecular flexibility index (Phi) is 7.06. The number of fused-ring (bicyclic) bond motifs is 2. The maximum Gasteiger partial charge on any atom is 0.228 e. The average molecular weight is 541 g/mol. The number of imidazole rings is 1. The van der Waals surface area contributed by atoms with Crippen molar-refractivity contribution < 1.29 is 4.79 Å². The van der Waals surface area contributed by atoms with E-state index in [0.29, 0.717) is 17.2 Å². The quantitative estimate of drug-likeness (QED) is 0.188. The van der Waals surface area contributed by atoms with Crippen molar-refractivity contribution >= 4 is 33.4 Å². The Labute approximate surface area is 236 Å². The van der Waals surface area contributed by atoms with E-state index in [1.165, 1.54) is 6.20 Å². The number of carbonyl (C=O) groups excluding carboxylic acids is 1. The van der Waals surface area contributed by atoms with Gasteiger partial charge in [-0.1, -0.05) is 49.4 Å². The van der Waals surface area contributed by atoms with Crippen molar-refractivity contribution in [2.24, 2.45) is 5.73 Å². The minimum absolute atomic E-state index is 0.128. The zero-order valence-corrected chi connectivity index (χ0v) is 22.4. The van der Waals surface area contributed by atoms with Gasteiger partial charge in [0.15, 0.2) is 5.82 Å². The van der Waals surface area contributed by atoms with Gasteiger partial charge in [-0.25, -0.2) is 4.98 Å². The summed E-state index contributed by atoms with van der Waals surface area (Å²) in [4.78, 5) is 29.6. The molecule has 0 spiro atoms. The lowest BCUT2D eigenvalue weighted by Gasteiger charge is -2.10. The number of hydrogen-bond acceptors (Lipinski definition) is 6. The van der Waals surface area contributed by atoms with Crippen molar-refractivity contribution in [2.45, 2.75) is 19.8 Å². The van der Waals surface area contributed by atoms with Gasteiger partial charge in [-0.05, 0) is 47.4 Å². The first-order chi connectivity index (χ1) is 20.1. The SMILES string of the molecule is CC/C(=C\C(=C/N)NC(=O)Cc1ccccc1)c1ccc2[nH]nc(-c3nc4c(-c5cccnc5)cncc4[nH]3)c2c1. The summed E-state index contributed by atoms with van der Waals surface area (Å²) in [5, 5.41) is 11.6. The summed E-state index contributed by atoms with van der Waals surface area (Å²) in [5.74, 6) is 0.511. The highest BCUT2D eigenvalue weighted by molar-refractivity contribution is 5.97. The summed E-state index contributed by atoms with van der Waals surface area (Å²) in [5.41, 5.74) is 14.4. The number of allylic oxidation sites excluding steroid dienone is 2. The Morgan fingerprint density at radius 3 is 2.66 bits per heavy atom. The Bertz CT molecular complexity index is 1900. The van der Waals surface area contributed by atoms with Gasteiger partial charge in [0.1, 0.15) is 11.2 Å². The third kappa shape index (κ3) is 5.33. The zero-order chi connectivity index (χ0) is 28.2. The molecule has 5 N–H and O–H groups in total. The number of aromatic amines is 2. The first-order valence-corrected chi connectivity index (χ1v) is 13.3. The number of nitrogens with two attached hydrogens (primary N) is 1. The van der Waals surface area contributed by atoms with E-state index in [9.17, 15) is 4.79 Å². The van der Waals surface area contributed by atoms with E-state index in [1.54, 1.807) is 24.8 Å². The van der Waals surface area contributed by atoms with Crippen LogP contribution in [-0.2, 0) is 11.2 Å². The summed E-state index contributed by atoms with van der Waals surface area (Å²) in [6.07, 6.45) is 11.4. The van der Waals surface area contributed by atoms with Crippen LogP contribution < -0.4 is 11.1 Å². The molecule has 2 aromatic carbocycles. The monoisotopic (exact) mass is 540 g/mol. The van der Waals surface area contributed by atoms with Gasteiger partial charge < -0.3 is 16.0 Å². The maximum atomic E-state index is 12.7. The molecule has 0 bridgehead atoms. The molecule has 0 unspecified atom stereocenters. The predicted molar refractivity (Wildman–Crippen MR) is 161 cm³/mol. The molecule has 0 fully saturated rings. The third-order valence-electron chi connectivity index (χ3n) is 6.91. The average Bonchev–Trinajstić information content (AvgIpc) is 3.64. The second-order valence-corrected chi connectivity index (χ2v) is 9.60.